The molecule has 0 saturated heterocycles. The maximum absolute atomic E-state index is 11.9. The molecule has 5 heteroatoms. The zero-order chi connectivity index (χ0) is 13.7. The van der Waals surface area contributed by atoms with E-state index >= 15 is 0 Å². The molecule has 0 aliphatic rings. The van der Waals surface area contributed by atoms with E-state index in [0.717, 1.165) is 29.7 Å². The number of nitrogens with zero attached hydrogens (tertiary/aromatic N) is 1. The van der Waals surface area contributed by atoms with Gasteiger partial charge in [0, 0.05) is 25.6 Å². The lowest BCUT2D eigenvalue weighted by Crippen LogP contribution is -2.26. The third kappa shape index (κ3) is 3.32. The minimum absolute atomic E-state index is 0.0920. The lowest BCUT2D eigenvalue weighted by Gasteiger charge is -2.04. The molecule has 2 rings (SSSR count). The van der Waals surface area contributed by atoms with Crippen LogP contribution in [0.2, 0.25) is 0 Å². The topological polar surface area (TPSA) is 67.0 Å². The first-order chi connectivity index (χ1) is 9.24. The van der Waals surface area contributed by atoms with Gasteiger partial charge in [-0.15, -0.1) is 0 Å². The molecule has 1 heterocycles. The van der Waals surface area contributed by atoms with Gasteiger partial charge in [-0.25, -0.2) is 4.98 Å². The van der Waals surface area contributed by atoms with E-state index in [-0.39, 0.29) is 5.91 Å². The van der Waals surface area contributed by atoms with E-state index in [1.54, 1.807) is 13.2 Å². The highest BCUT2D eigenvalue weighted by molar-refractivity contribution is 5.97. The average molecular weight is 261 g/mol. The van der Waals surface area contributed by atoms with Gasteiger partial charge in [0.15, 0.2) is 0 Å². The molecule has 2 N–H and O–H groups in total. The maximum atomic E-state index is 11.9. The second-order valence-electron chi connectivity index (χ2n) is 4.41. The smallest absolute Gasteiger partial charge is 0.251 e. The second-order valence-corrected chi connectivity index (χ2v) is 4.41. The Kier molecular flexibility index (Phi) is 4.52. The Hall–Kier alpha value is -1.88. The number of methoxy groups -OCH3 is 1. The van der Waals surface area contributed by atoms with Crippen LogP contribution in [0, 0.1) is 0 Å². The number of carbonyl (C=O) groups excluding carboxylic acids is 1. The number of aromatic amines is 1. The van der Waals surface area contributed by atoms with Gasteiger partial charge >= 0.3 is 0 Å². The number of imidazole rings is 1. The monoisotopic (exact) mass is 261 g/mol. The predicted molar refractivity (Wildman–Crippen MR) is 74.3 cm³/mol. The summed E-state index contributed by atoms with van der Waals surface area (Å²) in [6.45, 7) is 3.14. The van der Waals surface area contributed by atoms with Gasteiger partial charge in [-0.1, -0.05) is 6.92 Å². The highest BCUT2D eigenvalue weighted by atomic mass is 16.5. The number of rotatable bonds is 6. The number of H-pyrrole nitrogens is 1. The Labute approximate surface area is 112 Å². The van der Waals surface area contributed by atoms with Crippen molar-refractivity contribution < 1.29 is 9.53 Å². The first-order valence-electron chi connectivity index (χ1n) is 6.50. The number of benzene rings is 1. The fourth-order valence-corrected chi connectivity index (χ4v) is 1.93. The lowest BCUT2D eigenvalue weighted by atomic mass is 10.2. The van der Waals surface area contributed by atoms with Gasteiger partial charge in [-0.05, 0) is 24.6 Å². The molecule has 102 valence electrons. The van der Waals surface area contributed by atoms with E-state index in [0.29, 0.717) is 18.7 Å². The SMILES string of the molecule is CCCc1nc2ccc(C(=O)NCCOC)cc2[nH]1. The minimum atomic E-state index is -0.0920. The molecule has 0 aliphatic heterocycles. The van der Waals surface area contributed by atoms with Crippen LogP contribution in [0.25, 0.3) is 11.0 Å². The van der Waals surface area contributed by atoms with Crippen LogP contribution in [0.4, 0.5) is 0 Å². The first kappa shape index (κ1) is 13.5. The third-order valence-electron chi connectivity index (χ3n) is 2.87. The van der Waals surface area contributed by atoms with Gasteiger partial charge in [0.1, 0.15) is 5.82 Å². The molecule has 1 aromatic carbocycles. The number of ether oxygens (including phenoxy) is 1. The molecular weight excluding hydrogens is 242 g/mol. The number of hydrogen-bond acceptors (Lipinski definition) is 3. The van der Waals surface area contributed by atoms with Crippen LogP contribution >= 0.6 is 0 Å². The van der Waals surface area contributed by atoms with E-state index in [1.807, 2.05) is 12.1 Å². The standard InChI is InChI=1S/C14H19N3O2/c1-3-4-13-16-11-6-5-10(9-12(11)17-13)14(18)15-7-8-19-2/h5-6,9H,3-4,7-8H2,1-2H3,(H,15,18)(H,16,17). The quantitative estimate of drug-likeness (QED) is 0.780. The largest absolute Gasteiger partial charge is 0.383 e. The number of carbonyl (C=O) groups is 1. The van der Waals surface area contributed by atoms with E-state index < -0.39 is 0 Å². The van der Waals surface area contributed by atoms with E-state index in [9.17, 15) is 4.79 Å². The first-order valence-corrected chi connectivity index (χ1v) is 6.50. The maximum Gasteiger partial charge on any atom is 0.251 e. The summed E-state index contributed by atoms with van der Waals surface area (Å²) in [6, 6.07) is 5.50. The van der Waals surface area contributed by atoms with Gasteiger partial charge in [0.2, 0.25) is 0 Å². The highest BCUT2D eigenvalue weighted by Gasteiger charge is 2.08. The fraction of sp³-hybridized carbons (Fsp3) is 0.429. The summed E-state index contributed by atoms with van der Waals surface area (Å²) in [6.07, 6.45) is 1.97. The van der Waals surface area contributed by atoms with E-state index in [4.69, 9.17) is 4.74 Å². The van der Waals surface area contributed by atoms with Crippen molar-refractivity contribution in [2.45, 2.75) is 19.8 Å². The van der Waals surface area contributed by atoms with Crippen LogP contribution < -0.4 is 5.32 Å². The lowest BCUT2D eigenvalue weighted by molar-refractivity contribution is 0.0937. The summed E-state index contributed by atoms with van der Waals surface area (Å²) in [5.41, 5.74) is 2.44. The van der Waals surface area contributed by atoms with Gasteiger partial charge in [0.05, 0.1) is 17.6 Å². The van der Waals surface area contributed by atoms with Gasteiger partial charge in [-0.3, -0.25) is 4.79 Å². The molecular formula is C14H19N3O2. The van der Waals surface area contributed by atoms with E-state index in [2.05, 4.69) is 22.2 Å². The van der Waals surface area contributed by atoms with Gasteiger partial charge < -0.3 is 15.0 Å². The van der Waals surface area contributed by atoms with Crippen molar-refractivity contribution in [1.82, 2.24) is 15.3 Å². The van der Waals surface area contributed by atoms with Crippen molar-refractivity contribution in [2.75, 3.05) is 20.3 Å². The third-order valence-corrected chi connectivity index (χ3v) is 2.87. The van der Waals surface area contributed by atoms with Crippen LogP contribution in [0.5, 0.6) is 0 Å². The number of hydrogen-bond donors (Lipinski definition) is 2. The second kappa shape index (κ2) is 6.33. The van der Waals surface area contributed by atoms with Crippen molar-refractivity contribution in [2.24, 2.45) is 0 Å². The Morgan fingerprint density at radius 1 is 1.47 bits per heavy atom. The highest BCUT2D eigenvalue weighted by Crippen LogP contribution is 2.14. The van der Waals surface area contributed by atoms with Crippen LogP contribution in [0.1, 0.15) is 29.5 Å². The summed E-state index contributed by atoms with van der Waals surface area (Å²) >= 11 is 0. The number of nitrogens with one attached hydrogen (secondary N) is 2. The molecule has 1 amide bonds. The van der Waals surface area contributed by atoms with Crippen molar-refractivity contribution in [3.63, 3.8) is 0 Å². The number of aryl methyl sites for hydroxylation is 1. The molecule has 0 atom stereocenters. The summed E-state index contributed by atoms with van der Waals surface area (Å²) < 4.78 is 4.90. The summed E-state index contributed by atoms with van der Waals surface area (Å²) in [4.78, 5) is 19.6. The molecule has 1 aromatic heterocycles. The summed E-state index contributed by atoms with van der Waals surface area (Å²) in [5, 5.41) is 2.80. The average Bonchev–Trinajstić information content (AvgIpc) is 2.80. The van der Waals surface area contributed by atoms with E-state index in [1.165, 1.54) is 0 Å². The van der Waals surface area contributed by atoms with Crippen molar-refractivity contribution in [3.8, 4) is 0 Å². The number of aromatic nitrogens is 2. The Morgan fingerprint density at radius 2 is 2.32 bits per heavy atom. The predicted octanol–water partition coefficient (Wildman–Crippen LogP) is 1.89. The Morgan fingerprint density at radius 3 is 3.05 bits per heavy atom. The van der Waals surface area contributed by atoms with Crippen molar-refractivity contribution in [1.29, 1.82) is 0 Å². The van der Waals surface area contributed by atoms with Gasteiger partial charge in [0.25, 0.3) is 5.91 Å². The normalized spacial score (nSPS) is 10.8. The number of fused-ring (bicyclic) bond motifs is 1. The zero-order valence-electron chi connectivity index (χ0n) is 11.3. The van der Waals surface area contributed by atoms with Crippen molar-refractivity contribution in [3.05, 3.63) is 29.6 Å². The van der Waals surface area contributed by atoms with Crippen molar-refractivity contribution >= 4 is 16.9 Å². The molecule has 0 spiro atoms. The molecule has 0 unspecified atom stereocenters. The minimum Gasteiger partial charge on any atom is -0.383 e. The molecule has 0 fully saturated rings. The molecule has 0 saturated carbocycles. The fourth-order valence-electron chi connectivity index (χ4n) is 1.93. The van der Waals surface area contributed by atoms with Crippen LogP contribution in [-0.4, -0.2) is 36.1 Å². The molecule has 0 radical (unpaired) electrons. The van der Waals surface area contributed by atoms with Crippen LogP contribution in [-0.2, 0) is 11.2 Å². The summed E-state index contributed by atoms with van der Waals surface area (Å²) in [5.74, 6) is 0.875. The zero-order valence-corrected chi connectivity index (χ0v) is 11.3. The van der Waals surface area contributed by atoms with Gasteiger partial charge in [-0.2, -0.15) is 0 Å². The van der Waals surface area contributed by atoms with Crippen LogP contribution in [0.15, 0.2) is 18.2 Å². The molecule has 0 aliphatic carbocycles. The molecule has 5 nitrogen and oxygen atoms in total. The molecule has 2 aromatic rings. The molecule has 0 bridgehead atoms. The number of amides is 1. The Balaban J connectivity index is 2.13. The summed E-state index contributed by atoms with van der Waals surface area (Å²) in [7, 11) is 1.61. The Bertz CT molecular complexity index is 563. The van der Waals surface area contributed by atoms with Crippen LogP contribution in [0.3, 0.4) is 0 Å². The molecule has 19 heavy (non-hydrogen) atoms.